The summed E-state index contributed by atoms with van der Waals surface area (Å²) in [7, 11) is 0. The van der Waals surface area contributed by atoms with Crippen LogP contribution in [-0.2, 0) is 12.8 Å². The van der Waals surface area contributed by atoms with Gasteiger partial charge in [0.2, 0.25) is 0 Å². The second-order valence-corrected chi connectivity index (χ2v) is 6.00. The number of ether oxygens (including phenoxy) is 1. The second kappa shape index (κ2) is 6.21. The standard InChI is InChI=1S/C19H23NO/c1-14(2)16-4-3-5-18(13-16)20-10-8-15-6-7-19-17(12-15)9-11-21-19/h3-7,12-14,20H,8-11H2,1-2H3. The number of nitrogens with one attached hydrogen (secondary N) is 1. The fraction of sp³-hybridized carbons (Fsp3) is 0.368. The zero-order valence-corrected chi connectivity index (χ0v) is 12.9. The van der Waals surface area contributed by atoms with Gasteiger partial charge in [-0.15, -0.1) is 0 Å². The van der Waals surface area contributed by atoms with E-state index in [1.807, 2.05) is 0 Å². The molecule has 3 rings (SSSR count). The lowest BCUT2D eigenvalue weighted by atomic mass is 10.0. The molecule has 0 saturated carbocycles. The molecule has 0 aliphatic carbocycles. The Bertz CT molecular complexity index is 619. The summed E-state index contributed by atoms with van der Waals surface area (Å²) < 4.78 is 5.55. The Morgan fingerprint density at radius 1 is 1.14 bits per heavy atom. The summed E-state index contributed by atoms with van der Waals surface area (Å²) in [5.41, 5.74) is 5.33. The molecule has 1 aliphatic heterocycles. The Balaban J connectivity index is 1.57. The molecule has 0 radical (unpaired) electrons. The van der Waals surface area contributed by atoms with E-state index in [1.54, 1.807) is 0 Å². The molecule has 1 N–H and O–H groups in total. The van der Waals surface area contributed by atoms with E-state index in [1.165, 1.54) is 22.4 Å². The van der Waals surface area contributed by atoms with E-state index in [0.717, 1.165) is 31.7 Å². The Labute approximate surface area is 127 Å². The number of hydrogen-bond acceptors (Lipinski definition) is 2. The number of anilines is 1. The topological polar surface area (TPSA) is 21.3 Å². The summed E-state index contributed by atoms with van der Waals surface area (Å²) in [4.78, 5) is 0. The molecule has 1 aliphatic rings. The minimum atomic E-state index is 0.573. The first kappa shape index (κ1) is 14.0. The minimum absolute atomic E-state index is 0.573. The Morgan fingerprint density at radius 3 is 2.90 bits per heavy atom. The third kappa shape index (κ3) is 3.38. The van der Waals surface area contributed by atoms with Gasteiger partial charge in [0.25, 0.3) is 0 Å². The van der Waals surface area contributed by atoms with Crippen molar-refractivity contribution in [3.63, 3.8) is 0 Å². The van der Waals surface area contributed by atoms with Crippen LogP contribution >= 0.6 is 0 Å². The Hall–Kier alpha value is -1.96. The molecule has 0 atom stereocenters. The normalized spacial score (nSPS) is 13.1. The van der Waals surface area contributed by atoms with Gasteiger partial charge in [0, 0.05) is 18.7 Å². The Morgan fingerprint density at radius 2 is 2.05 bits per heavy atom. The van der Waals surface area contributed by atoms with Gasteiger partial charge in [-0.3, -0.25) is 0 Å². The van der Waals surface area contributed by atoms with Gasteiger partial charge in [-0.05, 0) is 47.2 Å². The second-order valence-electron chi connectivity index (χ2n) is 6.00. The molecule has 0 aromatic heterocycles. The molecule has 2 heteroatoms. The van der Waals surface area contributed by atoms with Gasteiger partial charge in [-0.2, -0.15) is 0 Å². The van der Waals surface area contributed by atoms with E-state index in [-0.39, 0.29) is 0 Å². The van der Waals surface area contributed by atoms with Crippen LogP contribution in [0.4, 0.5) is 5.69 Å². The molecule has 21 heavy (non-hydrogen) atoms. The van der Waals surface area contributed by atoms with Crippen molar-refractivity contribution < 1.29 is 4.74 Å². The van der Waals surface area contributed by atoms with Gasteiger partial charge in [0.1, 0.15) is 5.75 Å². The number of fused-ring (bicyclic) bond motifs is 1. The van der Waals surface area contributed by atoms with E-state index in [0.29, 0.717) is 5.92 Å². The third-order valence-corrected chi connectivity index (χ3v) is 4.05. The maximum Gasteiger partial charge on any atom is 0.122 e. The quantitative estimate of drug-likeness (QED) is 0.877. The Kier molecular flexibility index (Phi) is 4.14. The molecule has 2 aromatic carbocycles. The van der Waals surface area contributed by atoms with Gasteiger partial charge in [0.05, 0.1) is 6.61 Å². The first-order chi connectivity index (χ1) is 10.2. The van der Waals surface area contributed by atoms with E-state index < -0.39 is 0 Å². The van der Waals surface area contributed by atoms with Crippen LogP contribution in [0.15, 0.2) is 42.5 Å². The number of hydrogen-bond donors (Lipinski definition) is 1. The van der Waals surface area contributed by atoms with Crippen LogP contribution in [0.2, 0.25) is 0 Å². The first-order valence-electron chi connectivity index (χ1n) is 7.81. The predicted octanol–water partition coefficient (Wildman–Crippen LogP) is 4.40. The summed E-state index contributed by atoms with van der Waals surface area (Å²) in [6.07, 6.45) is 2.09. The molecule has 2 aromatic rings. The molecule has 0 fully saturated rings. The lowest BCUT2D eigenvalue weighted by Crippen LogP contribution is -2.05. The van der Waals surface area contributed by atoms with E-state index in [2.05, 4.69) is 61.6 Å². The lowest BCUT2D eigenvalue weighted by Gasteiger charge is -2.11. The largest absolute Gasteiger partial charge is 0.493 e. The monoisotopic (exact) mass is 281 g/mol. The van der Waals surface area contributed by atoms with Crippen LogP contribution in [0.25, 0.3) is 0 Å². The zero-order valence-electron chi connectivity index (χ0n) is 12.9. The fourth-order valence-electron chi connectivity index (χ4n) is 2.75. The molecule has 110 valence electrons. The van der Waals surface area contributed by atoms with E-state index in [4.69, 9.17) is 4.74 Å². The van der Waals surface area contributed by atoms with Crippen molar-refractivity contribution in [3.8, 4) is 5.75 Å². The summed E-state index contributed by atoms with van der Waals surface area (Å²) in [6.45, 7) is 6.25. The smallest absolute Gasteiger partial charge is 0.122 e. The highest BCUT2D eigenvalue weighted by atomic mass is 16.5. The van der Waals surface area contributed by atoms with E-state index in [9.17, 15) is 0 Å². The van der Waals surface area contributed by atoms with Crippen LogP contribution in [-0.4, -0.2) is 13.2 Å². The fourth-order valence-corrected chi connectivity index (χ4v) is 2.75. The minimum Gasteiger partial charge on any atom is -0.493 e. The predicted molar refractivity (Wildman–Crippen MR) is 88.4 cm³/mol. The molecule has 0 amide bonds. The summed E-state index contributed by atoms with van der Waals surface area (Å²) >= 11 is 0. The molecule has 1 heterocycles. The highest BCUT2D eigenvalue weighted by molar-refractivity contribution is 5.47. The van der Waals surface area contributed by atoms with Crippen molar-refractivity contribution in [1.82, 2.24) is 0 Å². The summed E-state index contributed by atoms with van der Waals surface area (Å²) in [5, 5.41) is 3.52. The molecular formula is C19H23NO. The van der Waals surface area contributed by atoms with Crippen LogP contribution in [0.1, 0.15) is 36.5 Å². The van der Waals surface area contributed by atoms with Gasteiger partial charge in [-0.1, -0.05) is 38.1 Å². The molecular weight excluding hydrogens is 258 g/mol. The lowest BCUT2D eigenvalue weighted by molar-refractivity contribution is 0.357. The average Bonchev–Trinajstić information content (AvgIpc) is 2.95. The van der Waals surface area contributed by atoms with Crippen molar-refractivity contribution >= 4 is 5.69 Å². The van der Waals surface area contributed by atoms with Crippen LogP contribution < -0.4 is 10.1 Å². The van der Waals surface area contributed by atoms with Crippen molar-refractivity contribution in [2.24, 2.45) is 0 Å². The van der Waals surface area contributed by atoms with Crippen molar-refractivity contribution in [1.29, 1.82) is 0 Å². The molecule has 0 spiro atoms. The van der Waals surface area contributed by atoms with Gasteiger partial charge in [0.15, 0.2) is 0 Å². The molecule has 2 nitrogen and oxygen atoms in total. The van der Waals surface area contributed by atoms with Gasteiger partial charge >= 0.3 is 0 Å². The summed E-state index contributed by atoms with van der Waals surface area (Å²) in [5.74, 6) is 1.64. The van der Waals surface area contributed by atoms with Gasteiger partial charge in [-0.25, -0.2) is 0 Å². The highest BCUT2D eigenvalue weighted by Crippen LogP contribution is 2.26. The van der Waals surface area contributed by atoms with Crippen molar-refractivity contribution in [3.05, 3.63) is 59.2 Å². The molecule has 0 saturated heterocycles. The molecule has 0 bridgehead atoms. The van der Waals surface area contributed by atoms with Crippen LogP contribution in [0.3, 0.4) is 0 Å². The van der Waals surface area contributed by atoms with Crippen molar-refractivity contribution in [2.75, 3.05) is 18.5 Å². The maximum absolute atomic E-state index is 5.55. The highest BCUT2D eigenvalue weighted by Gasteiger charge is 2.11. The average molecular weight is 281 g/mol. The number of benzene rings is 2. The van der Waals surface area contributed by atoms with Crippen molar-refractivity contribution in [2.45, 2.75) is 32.6 Å². The van der Waals surface area contributed by atoms with Crippen LogP contribution in [0, 0.1) is 0 Å². The summed E-state index contributed by atoms with van der Waals surface area (Å²) in [6, 6.07) is 15.3. The van der Waals surface area contributed by atoms with Crippen LogP contribution in [0.5, 0.6) is 5.75 Å². The van der Waals surface area contributed by atoms with E-state index >= 15 is 0 Å². The third-order valence-electron chi connectivity index (χ3n) is 4.05. The van der Waals surface area contributed by atoms with Gasteiger partial charge < -0.3 is 10.1 Å². The molecule has 0 unspecified atom stereocenters. The zero-order chi connectivity index (χ0) is 14.7. The maximum atomic E-state index is 5.55. The number of rotatable bonds is 5. The first-order valence-corrected chi connectivity index (χ1v) is 7.81. The SMILES string of the molecule is CC(C)c1cccc(NCCc2ccc3c(c2)CCO3)c1.